The molecule has 4 rings (SSSR count). The Kier molecular flexibility index (Phi) is 7.13. The summed E-state index contributed by atoms with van der Waals surface area (Å²) in [4.78, 5) is 10.9. The van der Waals surface area contributed by atoms with Crippen molar-refractivity contribution in [1.29, 1.82) is 0 Å². The van der Waals surface area contributed by atoms with Crippen LogP contribution in [-0.4, -0.2) is 32.1 Å². The summed E-state index contributed by atoms with van der Waals surface area (Å²) in [7, 11) is -4.65. The lowest BCUT2D eigenvalue weighted by atomic mass is 9.90. The molecule has 0 amide bonds. The molecular weight excluding hydrogens is 533 g/mol. The van der Waals surface area contributed by atoms with Crippen LogP contribution in [0.2, 0.25) is 0 Å². The first-order valence-electron chi connectivity index (χ1n) is 11.4. The summed E-state index contributed by atoms with van der Waals surface area (Å²) in [6, 6.07) is 9.88. The number of aliphatic carboxylic acids is 1. The van der Waals surface area contributed by atoms with Gasteiger partial charge in [-0.05, 0) is 54.1 Å². The zero-order chi connectivity index (χ0) is 28.0. The number of nitrogens with zero attached hydrogens (tertiary/aromatic N) is 1. The Morgan fingerprint density at radius 1 is 1.05 bits per heavy atom. The number of anilines is 1. The highest BCUT2D eigenvalue weighted by Crippen LogP contribution is 2.42. The Morgan fingerprint density at radius 2 is 1.76 bits per heavy atom. The van der Waals surface area contributed by atoms with Gasteiger partial charge >= 0.3 is 12.1 Å². The van der Waals surface area contributed by atoms with Crippen molar-refractivity contribution < 1.29 is 45.0 Å². The fourth-order valence-corrected chi connectivity index (χ4v) is 5.69. The van der Waals surface area contributed by atoms with Crippen LogP contribution in [0.25, 0.3) is 11.1 Å². The van der Waals surface area contributed by atoms with Crippen molar-refractivity contribution in [3.63, 3.8) is 0 Å². The monoisotopic (exact) mass is 555 g/mol. The molecule has 38 heavy (non-hydrogen) atoms. The lowest BCUT2D eigenvalue weighted by molar-refractivity contribution is -0.144. The number of rotatable bonds is 6. The van der Waals surface area contributed by atoms with Crippen molar-refractivity contribution in [3.8, 4) is 16.9 Å². The summed E-state index contributed by atoms with van der Waals surface area (Å²) in [5.41, 5.74) is -1.36. The minimum atomic E-state index is -4.80. The van der Waals surface area contributed by atoms with Crippen molar-refractivity contribution in [2.24, 2.45) is 11.8 Å². The predicted octanol–water partition coefficient (Wildman–Crippen LogP) is 5.96. The number of halogens is 5. The zero-order valence-corrected chi connectivity index (χ0v) is 20.9. The summed E-state index contributed by atoms with van der Waals surface area (Å²) >= 11 is 0. The molecule has 0 bridgehead atoms. The Morgan fingerprint density at radius 3 is 2.42 bits per heavy atom. The van der Waals surface area contributed by atoms with E-state index in [0.29, 0.717) is 6.07 Å². The van der Waals surface area contributed by atoms with Gasteiger partial charge in [-0.1, -0.05) is 26.0 Å². The molecule has 3 aromatic rings. The van der Waals surface area contributed by atoms with Crippen molar-refractivity contribution in [3.05, 3.63) is 77.9 Å². The Labute approximate surface area is 215 Å². The van der Waals surface area contributed by atoms with Gasteiger partial charge in [0.1, 0.15) is 23.5 Å². The Bertz CT molecular complexity index is 1490. The number of carboxylic acids is 1. The summed E-state index contributed by atoms with van der Waals surface area (Å²) in [6.45, 7) is 2.55. The Balaban J connectivity index is 1.87. The molecule has 3 atom stereocenters. The summed E-state index contributed by atoms with van der Waals surface area (Å²) in [5.74, 6) is -4.32. The molecule has 1 aliphatic heterocycles. The molecule has 0 fully saturated rings. The topological polar surface area (TPSA) is 83.9 Å². The zero-order valence-electron chi connectivity index (χ0n) is 20.0. The maximum Gasteiger partial charge on any atom is 0.416 e. The second-order valence-electron chi connectivity index (χ2n) is 9.01. The van der Waals surface area contributed by atoms with E-state index in [1.807, 2.05) is 0 Å². The first kappa shape index (κ1) is 27.4. The van der Waals surface area contributed by atoms with E-state index >= 15 is 0 Å². The quantitative estimate of drug-likeness (QED) is 0.380. The van der Waals surface area contributed by atoms with Gasteiger partial charge in [0, 0.05) is 11.5 Å². The molecule has 0 spiro atoms. The molecule has 0 aromatic heterocycles. The first-order valence-corrected chi connectivity index (χ1v) is 12.8. The van der Waals surface area contributed by atoms with Crippen LogP contribution < -0.4 is 9.04 Å². The van der Waals surface area contributed by atoms with E-state index < -0.39 is 68.7 Å². The lowest BCUT2D eigenvalue weighted by Crippen LogP contribution is -2.48. The highest BCUT2D eigenvalue weighted by atomic mass is 32.2. The molecule has 6 nitrogen and oxygen atoms in total. The number of sulfonamides is 1. The van der Waals surface area contributed by atoms with Crippen LogP contribution >= 0.6 is 0 Å². The molecule has 1 heterocycles. The smallest absolute Gasteiger partial charge is 0.416 e. The van der Waals surface area contributed by atoms with Crippen molar-refractivity contribution in [2.45, 2.75) is 31.0 Å². The molecule has 12 heteroatoms. The van der Waals surface area contributed by atoms with Gasteiger partial charge in [-0.2, -0.15) is 13.2 Å². The number of hydrogen-bond donors (Lipinski definition) is 1. The third-order valence-corrected chi connectivity index (χ3v) is 8.38. The second-order valence-corrected chi connectivity index (χ2v) is 10.9. The third-order valence-electron chi connectivity index (χ3n) is 6.61. The molecule has 0 radical (unpaired) electrons. The number of carbonyl (C=O) groups is 1. The minimum absolute atomic E-state index is 0.0122. The largest absolute Gasteiger partial charge is 0.486 e. The number of hydrogen-bond acceptors (Lipinski definition) is 4. The van der Waals surface area contributed by atoms with E-state index in [1.54, 1.807) is 6.92 Å². The van der Waals surface area contributed by atoms with E-state index in [-0.39, 0.29) is 22.6 Å². The van der Waals surface area contributed by atoms with Crippen LogP contribution in [0.15, 0.2) is 65.6 Å². The van der Waals surface area contributed by atoms with E-state index in [1.165, 1.54) is 25.1 Å². The highest BCUT2D eigenvalue weighted by molar-refractivity contribution is 7.92. The van der Waals surface area contributed by atoms with Crippen LogP contribution in [0.4, 0.5) is 27.6 Å². The molecule has 1 aliphatic rings. The van der Waals surface area contributed by atoms with Gasteiger partial charge in [0.2, 0.25) is 0 Å². The van der Waals surface area contributed by atoms with Gasteiger partial charge < -0.3 is 9.84 Å². The number of fused-ring (bicyclic) bond motifs is 1. The van der Waals surface area contributed by atoms with Crippen molar-refractivity contribution in [1.82, 2.24) is 0 Å². The minimum Gasteiger partial charge on any atom is -0.486 e. The van der Waals surface area contributed by atoms with Crippen LogP contribution in [0.1, 0.15) is 19.4 Å². The average Bonchev–Trinajstić information content (AvgIpc) is 2.87. The lowest BCUT2D eigenvalue weighted by Gasteiger charge is -2.39. The van der Waals surface area contributed by atoms with Gasteiger partial charge in [0.05, 0.1) is 28.6 Å². The van der Waals surface area contributed by atoms with Gasteiger partial charge in [0.15, 0.2) is 0 Å². The van der Waals surface area contributed by atoms with Gasteiger partial charge in [-0.15, -0.1) is 0 Å². The van der Waals surface area contributed by atoms with Crippen LogP contribution in [0, 0.1) is 23.5 Å². The second kappa shape index (κ2) is 9.90. The predicted molar refractivity (Wildman–Crippen MR) is 128 cm³/mol. The van der Waals surface area contributed by atoms with E-state index in [9.17, 15) is 40.3 Å². The molecule has 0 aliphatic carbocycles. The summed E-state index contributed by atoms with van der Waals surface area (Å²) in [6.07, 6.45) is -5.78. The molecule has 202 valence electrons. The summed E-state index contributed by atoms with van der Waals surface area (Å²) in [5, 5.41) is 9.44. The molecular formula is C26H22F5NO5S. The molecule has 0 saturated heterocycles. The van der Waals surface area contributed by atoms with Crippen LogP contribution in [0.3, 0.4) is 0 Å². The first-order chi connectivity index (χ1) is 17.7. The fraction of sp³-hybridized carbons (Fsp3) is 0.269. The fourth-order valence-electron chi connectivity index (χ4n) is 4.17. The molecule has 1 N–H and O–H groups in total. The Hall–Kier alpha value is -3.67. The van der Waals surface area contributed by atoms with Crippen molar-refractivity contribution in [2.75, 3.05) is 10.8 Å². The van der Waals surface area contributed by atoms with E-state index in [2.05, 4.69) is 0 Å². The van der Waals surface area contributed by atoms with E-state index in [0.717, 1.165) is 40.7 Å². The SMILES string of the molecule is CC(C1CN(S(=O)(=O)c2cccc(C(F)(F)F)c2)c2cc(-c3cc(F)ccc3F)ccc2O1)[C@@H](C)C(=O)O. The molecule has 3 aromatic carbocycles. The normalized spacial score (nSPS) is 17.3. The maximum absolute atomic E-state index is 14.5. The standard InChI is InChI=1S/C26H22F5NO5S/c1-14(15(2)25(33)34)24-13-32(38(35,36)19-5-3-4-17(11-19)26(29,30)31)22-10-16(6-9-23(22)37-24)20-12-18(27)7-8-21(20)28/h3-12,14-15,24H,13H2,1-2H3,(H,33,34)/t14?,15-,24?/m1/s1. The van der Waals surface area contributed by atoms with Gasteiger partial charge in [-0.3, -0.25) is 9.10 Å². The number of ether oxygens (including phenoxy) is 1. The van der Waals surface area contributed by atoms with Crippen LogP contribution in [-0.2, 0) is 21.0 Å². The van der Waals surface area contributed by atoms with Crippen molar-refractivity contribution >= 4 is 21.7 Å². The number of benzene rings is 3. The highest BCUT2D eigenvalue weighted by Gasteiger charge is 2.40. The van der Waals surface area contributed by atoms with Crippen LogP contribution in [0.5, 0.6) is 5.75 Å². The maximum atomic E-state index is 14.5. The van der Waals surface area contributed by atoms with Gasteiger partial charge in [0.25, 0.3) is 10.0 Å². The summed E-state index contributed by atoms with van der Waals surface area (Å²) < 4.78 is 103. The number of carboxylic acid groups (broad SMARTS) is 1. The number of alkyl halides is 3. The molecule has 2 unspecified atom stereocenters. The average molecular weight is 556 g/mol. The third kappa shape index (κ3) is 5.17. The van der Waals surface area contributed by atoms with E-state index in [4.69, 9.17) is 4.74 Å². The molecule has 0 saturated carbocycles. The van der Waals surface area contributed by atoms with Gasteiger partial charge in [-0.25, -0.2) is 17.2 Å².